The van der Waals surface area contributed by atoms with Crippen LogP contribution in [0.2, 0.25) is 5.02 Å². The number of nitrogens with one attached hydrogen (secondary N) is 2. The SMILES string of the molecule is COc1cc(Cl)cc(C2CCN(C(=O)CCC3(C)NC(=O)NC3=O)CC2)c1. The number of nitrogens with zero attached hydrogens (tertiary/aromatic N) is 1. The Labute approximate surface area is 163 Å². The molecule has 0 radical (unpaired) electrons. The largest absolute Gasteiger partial charge is 0.497 e. The lowest BCUT2D eigenvalue weighted by molar-refractivity contribution is -0.133. The Bertz CT molecular complexity index is 761. The monoisotopic (exact) mass is 393 g/mol. The molecule has 0 aromatic heterocycles. The van der Waals surface area contributed by atoms with Crippen molar-refractivity contribution in [2.75, 3.05) is 20.2 Å². The Morgan fingerprint density at radius 2 is 2.00 bits per heavy atom. The van der Waals surface area contributed by atoms with Crippen LogP contribution in [-0.2, 0) is 9.59 Å². The summed E-state index contributed by atoms with van der Waals surface area (Å²) in [5.41, 5.74) is 0.117. The molecular weight excluding hydrogens is 370 g/mol. The molecule has 0 saturated carbocycles. The van der Waals surface area contributed by atoms with Crippen LogP contribution >= 0.6 is 11.6 Å². The first-order valence-electron chi connectivity index (χ1n) is 9.06. The summed E-state index contributed by atoms with van der Waals surface area (Å²) in [4.78, 5) is 37.5. The summed E-state index contributed by atoms with van der Waals surface area (Å²) in [5.74, 6) is 0.696. The molecule has 7 nitrogen and oxygen atoms in total. The molecule has 2 N–H and O–H groups in total. The van der Waals surface area contributed by atoms with Crippen LogP contribution in [0.25, 0.3) is 0 Å². The maximum Gasteiger partial charge on any atom is 0.322 e. The second kappa shape index (κ2) is 7.76. The van der Waals surface area contributed by atoms with Gasteiger partial charge < -0.3 is 15.0 Å². The Morgan fingerprint density at radius 3 is 2.59 bits per heavy atom. The molecule has 146 valence electrons. The maximum atomic E-state index is 12.5. The zero-order valence-electron chi connectivity index (χ0n) is 15.5. The zero-order chi connectivity index (χ0) is 19.6. The smallest absolute Gasteiger partial charge is 0.322 e. The first-order valence-corrected chi connectivity index (χ1v) is 9.44. The van der Waals surface area contributed by atoms with Crippen LogP contribution in [0.5, 0.6) is 5.75 Å². The quantitative estimate of drug-likeness (QED) is 0.752. The van der Waals surface area contributed by atoms with E-state index >= 15 is 0 Å². The van der Waals surface area contributed by atoms with Crippen LogP contribution in [0.15, 0.2) is 18.2 Å². The third-order valence-corrected chi connectivity index (χ3v) is 5.62. The number of likely N-dealkylation sites (tertiary alicyclic amines) is 1. The molecule has 2 aliphatic heterocycles. The number of carbonyl (C=O) groups is 3. The van der Waals surface area contributed by atoms with Gasteiger partial charge in [0.25, 0.3) is 5.91 Å². The highest BCUT2D eigenvalue weighted by molar-refractivity contribution is 6.30. The molecule has 4 amide bonds. The molecule has 27 heavy (non-hydrogen) atoms. The maximum absolute atomic E-state index is 12.5. The number of rotatable bonds is 5. The van der Waals surface area contributed by atoms with Crippen LogP contribution < -0.4 is 15.4 Å². The van der Waals surface area contributed by atoms with E-state index in [1.165, 1.54) is 0 Å². The van der Waals surface area contributed by atoms with Crippen molar-refractivity contribution < 1.29 is 19.1 Å². The summed E-state index contributed by atoms with van der Waals surface area (Å²) in [5, 5.41) is 5.45. The van der Waals surface area contributed by atoms with E-state index in [2.05, 4.69) is 10.6 Å². The molecule has 0 aliphatic carbocycles. The number of hydrogen-bond acceptors (Lipinski definition) is 4. The van der Waals surface area contributed by atoms with E-state index < -0.39 is 11.6 Å². The summed E-state index contributed by atoms with van der Waals surface area (Å²) in [6, 6.07) is 5.22. The first kappa shape index (κ1) is 19.5. The summed E-state index contributed by atoms with van der Waals surface area (Å²) >= 11 is 6.16. The van der Waals surface area contributed by atoms with Crippen LogP contribution in [0, 0.1) is 0 Å². The predicted octanol–water partition coefficient (Wildman–Crippen LogP) is 2.43. The van der Waals surface area contributed by atoms with E-state index in [0.29, 0.717) is 24.0 Å². The summed E-state index contributed by atoms with van der Waals surface area (Å²) in [6.07, 6.45) is 2.21. The lowest BCUT2D eigenvalue weighted by atomic mass is 9.89. The number of imide groups is 1. The molecule has 2 fully saturated rings. The van der Waals surface area contributed by atoms with Crippen LogP contribution in [0.3, 0.4) is 0 Å². The highest BCUT2D eigenvalue weighted by Crippen LogP contribution is 2.33. The normalized spacial score (nSPS) is 23.1. The average Bonchev–Trinajstić information content (AvgIpc) is 2.91. The fourth-order valence-corrected chi connectivity index (χ4v) is 3.90. The number of hydrogen-bond donors (Lipinski definition) is 2. The molecule has 3 rings (SSSR count). The van der Waals surface area contributed by atoms with Crippen molar-refractivity contribution in [2.45, 2.75) is 44.1 Å². The van der Waals surface area contributed by atoms with Gasteiger partial charge in [0.15, 0.2) is 0 Å². The number of carbonyl (C=O) groups excluding carboxylic acids is 3. The lowest BCUT2D eigenvalue weighted by Crippen LogP contribution is -2.45. The highest BCUT2D eigenvalue weighted by atomic mass is 35.5. The van der Waals surface area contributed by atoms with E-state index in [1.807, 2.05) is 17.0 Å². The second-order valence-corrected chi connectivity index (χ2v) is 7.76. The van der Waals surface area contributed by atoms with Gasteiger partial charge in [0.05, 0.1) is 7.11 Å². The van der Waals surface area contributed by atoms with Crippen LogP contribution in [0.4, 0.5) is 4.79 Å². The van der Waals surface area contributed by atoms with Gasteiger partial charge in [-0.05, 0) is 55.9 Å². The van der Waals surface area contributed by atoms with Gasteiger partial charge in [0, 0.05) is 24.5 Å². The number of halogens is 1. The minimum absolute atomic E-state index is 0.00676. The number of ether oxygens (including phenoxy) is 1. The molecule has 1 unspecified atom stereocenters. The lowest BCUT2D eigenvalue weighted by Gasteiger charge is -2.33. The molecule has 2 aliphatic rings. The minimum atomic E-state index is -1.01. The number of piperidine rings is 1. The zero-order valence-corrected chi connectivity index (χ0v) is 16.3. The van der Waals surface area contributed by atoms with E-state index in [1.54, 1.807) is 20.1 Å². The van der Waals surface area contributed by atoms with E-state index in [-0.39, 0.29) is 24.7 Å². The van der Waals surface area contributed by atoms with E-state index in [9.17, 15) is 14.4 Å². The molecule has 1 aromatic rings. The van der Waals surface area contributed by atoms with Gasteiger partial charge in [-0.3, -0.25) is 14.9 Å². The Morgan fingerprint density at radius 1 is 1.30 bits per heavy atom. The summed E-state index contributed by atoms with van der Waals surface area (Å²) < 4.78 is 5.28. The summed E-state index contributed by atoms with van der Waals surface area (Å²) in [6.45, 7) is 2.96. The van der Waals surface area contributed by atoms with Gasteiger partial charge in [-0.15, -0.1) is 0 Å². The molecule has 1 aromatic carbocycles. The molecule has 2 heterocycles. The fourth-order valence-electron chi connectivity index (χ4n) is 3.67. The van der Waals surface area contributed by atoms with Crippen LogP contribution in [0.1, 0.15) is 44.1 Å². The summed E-state index contributed by atoms with van der Waals surface area (Å²) in [7, 11) is 1.62. The van der Waals surface area contributed by atoms with E-state index in [4.69, 9.17) is 16.3 Å². The molecule has 1 atom stereocenters. The molecule has 0 bridgehead atoms. The van der Waals surface area contributed by atoms with Crippen molar-refractivity contribution in [3.8, 4) is 5.75 Å². The van der Waals surface area contributed by atoms with Gasteiger partial charge in [-0.1, -0.05) is 11.6 Å². The topological polar surface area (TPSA) is 87.7 Å². The Hall–Kier alpha value is -2.28. The Balaban J connectivity index is 1.53. The molecule has 8 heteroatoms. The van der Waals surface area contributed by atoms with Crippen LogP contribution in [-0.4, -0.2) is 48.5 Å². The molecule has 2 saturated heterocycles. The standard InChI is InChI=1S/C19H24ClN3O4/c1-19(17(25)21-18(26)22-19)6-3-16(24)23-7-4-12(5-8-23)13-9-14(20)11-15(10-13)27-2/h9-12H,3-8H2,1-2H3,(H2,21,22,25,26). The predicted molar refractivity (Wildman–Crippen MR) is 101 cm³/mol. The average molecular weight is 394 g/mol. The van der Waals surface area contributed by atoms with E-state index in [0.717, 1.165) is 24.2 Å². The van der Waals surface area contributed by atoms with Crippen molar-refractivity contribution in [2.24, 2.45) is 0 Å². The number of methoxy groups -OCH3 is 1. The van der Waals surface area contributed by atoms with Gasteiger partial charge in [0.1, 0.15) is 11.3 Å². The second-order valence-electron chi connectivity index (χ2n) is 7.32. The third-order valence-electron chi connectivity index (χ3n) is 5.40. The molecule has 0 spiro atoms. The van der Waals surface area contributed by atoms with Gasteiger partial charge in [-0.25, -0.2) is 4.79 Å². The first-order chi connectivity index (χ1) is 12.8. The van der Waals surface area contributed by atoms with Crippen molar-refractivity contribution in [1.29, 1.82) is 0 Å². The number of amides is 4. The minimum Gasteiger partial charge on any atom is -0.497 e. The van der Waals surface area contributed by atoms with Crippen molar-refractivity contribution in [3.05, 3.63) is 28.8 Å². The number of urea groups is 1. The molecular formula is C19H24ClN3O4. The van der Waals surface area contributed by atoms with Gasteiger partial charge in [0.2, 0.25) is 5.91 Å². The third kappa shape index (κ3) is 4.35. The number of benzene rings is 1. The van der Waals surface area contributed by atoms with Crippen molar-refractivity contribution >= 4 is 29.4 Å². The Kier molecular flexibility index (Phi) is 5.60. The highest BCUT2D eigenvalue weighted by Gasteiger charge is 2.42. The van der Waals surface area contributed by atoms with Gasteiger partial charge >= 0.3 is 6.03 Å². The van der Waals surface area contributed by atoms with Gasteiger partial charge in [-0.2, -0.15) is 0 Å². The fraction of sp³-hybridized carbons (Fsp3) is 0.526. The van der Waals surface area contributed by atoms with Crippen molar-refractivity contribution in [3.63, 3.8) is 0 Å². The van der Waals surface area contributed by atoms with Crippen molar-refractivity contribution in [1.82, 2.24) is 15.5 Å².